The molecule has 1 N–H and O–H groups in total. The second kappa shape index (κ2) is 6.70. The van der Waals surface area contributed by atoms with Crippen LogP contribution in [0.5, 0.6) is 0 Å². The molecular weight excluding hydrogens is 344 g/mol. The molecule has 0 radical (unpaired) electrons. The van der Waals surface area contributed by atoms with Crippen molar-refractivity contribution in [2.75, 3.05) is 21.0 Å². The number of hydrogen-bond donors (Lipinski definition) is 1. The molecule has 0 heterocycles. The Bertz CT molecular complexity index is 593. The van der Waals surface area contributed by atoms with E-state index in [1.807, 2.05) is 0 Å². The van der Waals surface area contributed by atoms with Gasteiger partial charge in [-0.3, -0.25) is 4.79 Å². The average Bonchev–Trinajstić information content (AvgIpc) is 2.66. The fourth-order valence-corrected chi connectivity index (χ4v) is 8.16. The van der Waals surface area contributed by atoms with Crippen molar-refractivity contribution in [3.63, 3.8) is 0 Å². The van der Waals surface area contributed by atoms with E-state index in [1.165, 1.54) is 7.11 Å². The van der Waals surface area contributed by atoms with E-state index in [-0.39, 0.29) is 41.2 Å². The molecule has 5 fully saturated rings. The summed E-state index contributed by atoms with van der Waals surface area (Å²) in [5.74, 6) is 1.11. The number of rotatable bonds is 4. The molecule has 0 aromatic heterocycles. The molecule has 0 amide bonds. The van der Waals surface area contributed by atoms with Crippen LogP contribution < -0.4 is 0 Å². The van der Waals surface area contributed by atoms with Crippen LogP contribution in [0.25, 0.3) is 0 Å². The maximum atomic E-state index is 12.8. The Morgan fingerprint density at radius 2 is 1.81 bits per heavy atom. The van der Waals surface area contributed by atoms with E-state index in [1.54, 1.807) is 7.11 Å². The van der Waals surface area contributed by atoms with Gasteiger partial charge in [-0.25, -0.2) is 0 Å². The number of ether oxygens (including phenoxy) is 3. The highest BCUT2D eigenvalue weighted by Gasteiger charge is 2.69. The van der Waals surface area contributed by atoms with Crippen LogP contribution in [0.1, 0.15) is 65.2 Å². The van der Waals surface area contributed by atoms with E-state index >= 15 is 0 Å². The van der Waals surface area contributed by atoms with Crippen molar-refractivity contribution in [1.29, 1.82) is 0 Å². The fourth-order valence-electron chi connectivity index (χ4n) is 8.16. The molecule has 5 aliphatic carbocycles. The number of aliphatic hydroxyl groups is 1. The van der Waals surface area contributed by atoms with Gasteiger partial charge in [0.15, 0.2) is 0 Å². The second-order valence-corrected chi connectivity index (χ2v) is 10.2. The summed E-state index contributed by atoms with van der Waals surface area (Å²) in [7, 11) is 3.17. The lowest BCUT2D eigenvalue weighted by Gasteiger charge is -2.69. The molecule has 0 aliphatic heterocycles. The minimum atomic E-state index is -0.388. The van der Waals surface area contributed by atoms with Crippen LogP contribution in [0, 0.1) is 34.0 Å². The zero-order valence-electron chi connectivity index (χ0n) is 17.3. The molecule has 5 rings (SSSR count). The number of hydrogen-bond acceptors (Lipinski definition) is 5. The van der Waals surface area contributed by atoms with Crippen molar-refractivity contribution in [1.82, 2.24) is 0 Å². The van der Waals surface area contributed by atoms with Crippen LogP contribution in [0.2, 0.25) is 0 Å². The van der Waals surface area contributed by atoms with Gasteiger partial charge < -0.3 is 19.3 Å². The molecule has 154 valence electrons. The minimum absolute atomic E-state index is 0.0202. The summed E-state index contributed by atoms with van der Waals surface area (Å²) in [6, 6.07) is 0. The van der Waals surface area contributed by atoms with Gasteiger partial charge in [-0.15, -0.1) is 0 Å². The van der Waals surface area contributed by atoms with E-state index in [9.17, 15) is 9.90 Å². The smallest absolute Gasteiger partial charge is 0.311 e. The van der Waals surface area contributed by atoms with Crippen molar-refractivity contribution in [3.05, 3.63) is 0 Å². The summed E-state index contributed by atoms with van der Waals surface area (Å²) in [4.78, 5) is 12.8. The van der Waals surface area contributed by atoms with E-state index in [0.29, 0.717) is 17.8 Å². The van der Waals surface area contributed by atoms with E-state index < -0.39 is 0 Å². The maximum Gasteiger partial charge on any atom is 0.311 e. The highest BCUT2D eigenvalue weighted by Crippen LogP contribution is 2.71. The summed E-state index contributed by atoms with van der Waals surface area (Å²) in [5, 5.41) is 11.0. The Kier molecular flexibility index (Phi) is 4.88. The first-order chi connectivity index (χ1) is 12.8. The van der Waals surface area contributed by atoms with Gasteiger partial charge in [0.2, 0.25) is 0 Å². The zero-order valence-corrected chi connectivity index (χ0v) is 17.3. The highest BCUT2D eigenvalue weighted by molar-refractivity contribution is 5.77. The number of carbonyl (C=O) groups excluding carboxylic acids is 1. The lowest BCUT2D eigenvalue weighted by atomic mass is 9.36. The molecule has 8 atom stereocenters. The van der Waals surface area contributed by atoms with Crippen molar-refractivity contribution in [2.24, 2.45) is 34.0 Å². The SMILES string of the molecule is COCO[C@@H]1[C@H](O)[C@@H]2CC[C@@]13CC[C@H]1[C@@](C)(CCC[C@@]1(C)C(=O)OC)[C@@H]3C2. The number of carbonyl (C=O) groups is 1. The predicted octanol–water partition coefficient (Wildman–Crippen LogP) is 3.53. The first-order valence-corrected chi connectivity index (χ1v) is 10.7. The average molecular weight is 381 g/mol. The van der Waals surface area contributed by atoms with Crippen LogP contribution in [-0.4, -0.2) is 44.3 Å². The molecule has 5 heteroatoms. The zero-order chi connectivity index (χ0) is 19.4. The molecule has 5 saturated carbocycles. The molecule has 0 unspecified atom stereocenters. The van der Waals surface area contributed by atoms with Crippen LogP contribution >= 0.6 is 0 Å². The molecular formula is C22H36O5. The van der Waals surface area contributed by atoms with E-state index in [2.05, 4.69) is 13.8 Å². The first-order valence-electron chi connectivity index (χ1n) is 10.7. The van der Waals surface area contributed by atoms with Gasteiger partial charge in [-0.05, 0) is 75.0 Å². The summed E-state index contributed by atoms with van der Waals surface area (Å²) in [5.41, 5.74) is -0.263. The third-order valence-electron chi connectivity index (χ3n) is 9.26. The minimum Gasteiger partial charge on any atom is -0.469 e. The van der Waals surface area contributed by atoms with Gasteiger partial charge in [0.05, 0.1) is 24.7 Å². The molecule has 5 aliphatic rings. The number of fused-ring (bicyclic) bond motifs is 3. The summed E-state index contributed by atoms with van der Waals surface area (Å²) in [6.07, 6.45) is 7.97. The normalized spacial score (nSPS) is 51.4. The lowest BCUT2D eigenvalue weighted by Crippen LogP contribution is -2.68. The largest absolute Gasteiger partial charge is 0.469 e. The van der Waals surface area contributed by atoms with Gasteiger partial charge >= 0.3 is 5.97 Å². The van der Waals surface area contributed by atoms with E-state index in [4.69, 9.17) is 14.2 Å². The maximum absolute atomic E-state index is 12.8. The summed E-state index contributed by atoms with van der Waals surface area (Å²) >= 11 is 0. The molecule has 2 bridgehead atoms. The lowest BCUT2D eigenvalue weighted by molar-refractivity contribution is -0.281. The van der Waals surface area contributed by atoms with E-state index in [0.717, 1.165) is 51.4 Å². The molecule has 5 nitrogen and oxygen atoms in total. The summed E-state index contributed by atoms with van der Waals surface area (Å²) in [6.45, 7) is 4.79. The first kappa shape index (κ1) is 19.7. The monoisotopic (exact) mass is 380 g/mol. The van der Waals surface area contributed by atoms with Gasteiger partial charge in [0.25, 0.3) is 0 Å². The number of aliphatic hydroxyl groups excluding tert-OH is 1. The third kappa shape index (κ3) is 2.57. The van der Waals surface area contributed by atoms with Crippen molar-refractivity contribution >= 4 is 5.97 Å². The Balaban J connectivity index is 1.71. The summed E-state index contributed by atoms with van der Waals surface area (Å²) < 4.78 is 16.6. The molecule has 0 aromatic rings. The standard InChI is InChI=1S/C22H36O5/c1-20-8-5-9-21(2,19(24)26-4)15(20)7-11-22-10-6-14(12-16(20)22)17(23)18(22)27-13-25-3/h14-18,23H,5-13H2,1-4H3/t14-,15+,16+,17-,18-,20-,21-,22+/m1/s1. The van der Waals surface area contributed by atoms with Crippen LogP contribution in [0.3, 0.4) is 0 Å². The van der Waals surface area contributed by atoms with Gasteiger partial charge in [0, 0.05) is 12.5 Å². The molecule has 1 spiro atoms. The number of methoxy groups -OCH3 is 2. The van der Waals surface area contributed by atoms with Crippen LogP contribution in [-0.2, 0) is 19.0 Å². The van der Waals surface area contributed by atoms with Crippen LogP contribution in [0.4, 0.5) is 0 Å². The van der Waals surface area contributed by atoms with Gasteiger partial charge in [-0.1, -0.05) is 13.3 Å². The number of esters is 1. The van der Waals surface area contributed by atoms with Crippen LogP contribution in [0.15, 0.2) is 0 Å². The third-order valence-corrected chi connectivity index (χ3v) is 9.26. The Morgan fingerprint density at radius 3 is 2.52 bits per heavy atom. The Morgan fingerprint density at radius 1 is 1.07 bits per heavy atom. The topological polar surface area (TPSA) is 65.0 Å². The Labute approximate surface area is 163 Å². The molecule has 0 saturated heterocycles. The molecule has 27 heavy (non-hydrogen) atoms. The quantitative estimate of drug-likeness (QED) is 0.597. The second-order valence-electron chi connectivity index (χ2n) is 10.2. The highest BCUT2D eigenvalue weighted by atomic mass is 16.7. The van der Waals surface area contributed by atoms with Crippen molar-refractivity contribution < 1.29 is 24.1 Å². The van der Waals surface area contributed by atoms with Gasteiger partial charge in [-0.2, -0.15) is 0 Å². The van der Waals surface area contributed by atoms with Gasteiger partial charge in [0.1, 0.15) is 6.79 Å². The molecule has 0 aromatic carbocycles. The van der Waals surface area contributed by atoms with Crippen molar-refractivity contribution in [3.8, 4) is 0 Å². The van der Waals surface area contributed by atoms with Crippen molar-refractivity contribution in [2.45, 2.75) is 77.4 Å². The Hall–Kier alpha value is -0.650. The predicted molar refractivity (Wildman–Crippen MR) is 101 cm³/mol. The fraction of sp³-hybridized carbons (Fsp3) is 0.955.